The summed E-state index contributed by atoms with van der Waals surface area (Å²) in [7, 11) is 0. The van der Waals surface area contributed by atoms with Crippen LogP contribution in [0.4, 0.5) is 0 Å². The molecule has 0 aromatic carbocycles. The topological polar surface area (TPSA) is 51.7 Å². The summed E-state index contributed by atoms with van der Waals surface area (Å²) in [6, 6.07) is 2.01. The third-order valence-corrected chi connectivity index (χ3v) is 5.54. The first-order chi connectivity index (χ1) is 11.6. The summed E-state index contributed by atoms with van der Waals surface area (Å²) in [5.41, 5.74) is 2.20. The van der Waals surface area contributed by atoms with Gasteiger partial charge < -0.3 is 14.4 Å². The molecule has 3 aliphatic rings. The largest absolute Gasteiger partial charge is 0.373 e. The van der Waals surface area contributed by atoms with Gasteiger partial charge in [0.15, 0.2) is 0 Å². The highest BCUT2D eigenvalue weighted by Crippen LogP contribution is 2.38. The Labute approximate surface area is 143 Å². The highest BCUT2D eigenvalue weighted by Gasteiger charge is 2.49. The number of carbonyl (C=O) groups is 1. The quantitative estimate of drug-likeness (QED) is 0.832. The SMILES string of the molecule is Cc1ccncc1CO[C@@H]1CCOC2(C1)CN(C(=O)CC1CC1)C2. The van der Waals surface area contributed by atoms with Crippen molar-refractivity contribution in [3.63, 3.8) is 0 Å². The van der Waals surface area contributed by atoms with Crippen molar-refractivity contribution in [2.45, 2.75) is 57.3 Å². The lowest BCUT2D eigenvalue weighted by atomic mass is 9.84. The fourth-order valence-electron chi connectivity index (χ4n) is 3.72. The van der Waals surface area contributed by atoms with Gasteiger partial charge in [-0.3, -0.25) is 9.78 Å². The van der Waals surface area contributed by atoms with E-state index in [-0.39, 0.29) is 11.7 Å². The first kappa shape index (κ1) is 16.0. The molecule has 0 N–H and O–H groups in total. The van der Waals surface area contributed by atoms with Gasteiger partial charge in [0.05, 0.1) is 25.8 Å². The molecule has 1 aromatic rings. The van der Waals surface area contributed by atoms with E-state index in [1.807, 2.05) is 23.4 Å². The predicted molar refractivity (Wildman–Crippen MR) is 89.4 cm³/mol. The van der Waals surface area contributed by atoms with Crippen molar-refractivity contribution in [1.82, 2.24) is 9.88 Å². The van der Waals surface area contributed by atoms with Crippen molar-refractivity contribution in [1.29, 1.82) is 0 Å². The molecule has 5 heteroatoms. The molecule has 0 radical (unpaired) electrons. The molecule has 130 valence electrons. The minimum Gasteiger partial charge on any atom is -0.373 e. The lowest BCUT2D eigenvalue weighted by Crippen LogP contribution is -2.67. The first-order valence-corrected chi connectivity index (χ1v) is 9.06. The lowest BCUT2D eigenvalue weighted by Gasteiger charge is -2.53. The molecular weight excluding hydrogens is 304 g/mol. The Bertz CT molecular complexity index is 608. The second-order valence-corrected chi connectivity index (χ2v) is 7.66. The first-order valence-electron chi connectivity index (χ1n) is 9.06. The van der Waals surface area contributed by atoms with Crippen molar-refractivity contribution in [3.05, 3.63) is 29.6 Å². The minimum absolute atomic E-state index is 0.161. The maximum Gasteiger partial charge on any atom is 0.223 e. The molecule has 5 nitrogen and oxygen atoms in total. The Kier molecular flexibility index (Phi) is 4.31. The number of aromatic nitrogens is 1. The van der Waals surface area contributed by atoms with Crippen LogP contribution in [-0.2, 0) is 20.9 Å². The van der Waals surface area contributed by atoms with E-state index in [0.29, 0.717) is 18.4 Å². The summed E-state index contributed by atoms with van der Waals surface area (Å²) < 4.78 is 12.2. The molecule has 1 atom stereocenters. The number of aryl methyl sites for hydroxylation is 1. The van der Waals surface area contributed by atoms with E-state index >= 15 is 0 Å². The molecule has 1 saturated carbocycles. The molecule has 1 spiro atoms. The van der Waals surface area contributed by atoms with Gasteiger partial charge in [0.2, 0.25) is 5.91 Å². The number of nitrogens with zero attached hydrogens (tertiary/aromatic N) is 2. The van der Waals surface area contributed by atoms with Crippen LogP contribution in [0.5, 0.6) is 0 Å². The van der Waals surface area contributed by atoms with Crippen molar-refractivity contribution in [2.24, 2.45) is 5.92 Å². The van der Waals surface area contributed by atoms with Gasteiger partial charge in [-0.1, -0.05) is 0 Å². The lowest BCUT2D eigenvalue weighted by molar-refractivity contribution is -0.202. The third kappa shape index (κ3) is 3.47. The monoisotopic (exact) mass is 330 g/mol. The summed E-state index contributed by atoms with van der Waals surface area (Å²) in [4.78, 5) is 18.3. The zero-order valence-corrected chi connectivity index (χ0v) is 14.4. The van der Waals surface area contributed by atoms with Gasteiger partial charge in [-0.05, 0) is 49.3 Å². The second-order valence-electron chi connectivity index (χ2n) is 7.66. The van der Waals surface area contributed by atoms with E-state index in [1.165, 1.54) is 18.4 Å². The number of carbonyl (C=O) groups excluding carboxylic acids is 1. The molecule has 1 aliphatic carbocycles. The maximum atomic E-state index is 12.2. The molecular formula is C19H26N2O3. The minimum atomic E-state index is -0.161. The van der Waals surface area contributed by atoms with Crippen LogP contribution in [0.3, 0.4) is 0 Å². The standard InChI is InChI=1S/C19H26N2O3/c1-14-4-6-20-10-16(14)11-23-17-5-7-24-19(9-17)12-21(13-19)18(22)8-15-2-3-15/h4,6,10,15,17H,2-3,5,7-9,11-13H2,1H3/t17-/m1/s1. The van der Waals surface area contributed by atoms with Gasteiger partial charge >= 0.3 is 0 Å². The van der Waals surface area contributed by atoms with Crippen molar-refractivity contribution in [3.8, 4) is 0 Å². The molecule has 2 aliphatic heterocycles. The van der Waals surface area contributed by atoms with Crippen LogP contribution >= 0.6 is 0 Å². The van der Waals surface area contributed by atoms with Gasteiger partial charge in [0.25, 0.3) is 0 Å². The molecule has 0 bridgehead atoms. The fraction of sp³-hybridized carbons (Fsp3) is 0.684. The summed E-state index contributed by atoms with van der Waals surface area (Å²) in [5, 5.41) is 0. The Morgan fingerprint density at radius 1 is 1.42 bits per heavy atom. The molecule has 1 amide bonds. The number of hydrogen-bond donors (Lipinski definition) is 0. The zero-order chi connectivity index (χ0) is 16.6. The Hall–Kier alpha value is -1.46. The van der Waals surface area contributed by atoms with Gasteiger partial charge in [-0.2, -0.15) is 0 Å². The summed E-state index contributed by atoms with van der Waals surface area (Å²) in [6.07, 6.45) is 8.90. The van der Waals surface area contributed by atoms with Crippen molar-refractivity contribution in [2.75, 3.05) is 19.7 Å². The van der Waals surface area contributed by atoms with Crippen LogP contribution in [0.25, 0.3) is 0 Å². The highest BCUT2D eigenvalue weighted by atomic mass is 16.5. The van der Waals surface area contributed by atoms with Gasteiger partial charge in [0.1, 0.15) is 5.60 Å². The van der Waals surface area contributed by atoms with Crippen molar-refractivity contribution >= 4 is 5.91 Å². The van der Waals surface area contributed by atoms with Crippen molar-refractivity contribution < 1.29 is 14.3 Å². The number of amides is 1. The van der Waals surface area contributed by atoms with Crippen LogP contribution in [0.15, 0.2) is 18.5 Å². The van der Waals surface area contributed by atoms with Crippen LogP contribution in [0.1, 0.15) is 43.2 Å². The van der Waals surface area contributed by atoms with Crippen LogP contribution in [0, 0.1) is 12.8 Å². The van der Waals surface area contributed by atoms with Crippen LogP contribution in [0.2, 0.25) is 0 Å². The van der Waals surface area contributed by atoms with Crippen LogP contribution in [-0.4, -0.2) is 47.2 Å². The fourth-order valence-corrected chi connectivity index (χ4v) is 3.72. The van der Waals surface area contributed by atoms with E-state index in [0.717, 1.165) is 44.5 Å². The molecule has 24 heavy (non-hydrogen) atoms. The number of ether oxygens (including phenoxy) is 2. The Balaban J connectivity index is 1.27. The molecule has 0 unspecified atom stereocenters. The molecule has 3 fully saturated rings. The number of hydrogen-bond acceptors (Lipinski definition) is 4. The normalized spacial score (nSPS) is 25.5. The van der Waals surface area contributed by atoms with Gasteiger partial charge in [-0.25, -0.2) is 0 Å². The molecule has 4 rings (SSSR count). The summed E-state index contributed by atoms with van der Waals surface area (Å²) in [6.45, 7) is 4.89. The average Bonchev–Trinajstić information content (AvgIpc) is 3.36. The maximum absolute atomic E-state index is 12.2. The number of pyridine rings is 1. The van der Waals surface area contributed by atoms with E-state index in [9.17, 15) is 4.79 Å². The summed E-state index contributed by atoms with van der Waals surface area (Å²) in [5.74, 6) is 0.959. The van der Waals surface area contributed by atoms with E-state index < -0.39 is 0 Å². The molecule has 2 saturated heterocycles. The second kappa shape index (κ2) is 6.45. The Morgan fingerprint density at radius 2 is 2.25 bits per heavy atom. The molecule has 1 aromatic heterocycles. The van der Waals surface area contributed by atoms with Crippen LogP contribution < -0.4 is 0 Å². The number of likely N-dealkylation sites (tertiary alicyclic amines) is 1. The Morgan fingerprint density at radius 3 is 3.00 bits per heavy atom. The predicted octanol–water partition coefficient (Wildman–Crippen LogP) is 2.47. The van der Waals surface area contributed by atoms with E-state index in [1.54, 1.807) is 0 Å². The smallest absolute Gasteiger partial charge is 0.223 e. The number of rotatable bonds is 5. The zero-order valence-electron chi connectivity index (χ0n) is 14.4. The average molecular weight is 330 g/mol. The van der Waals surface area contributed by atoms with E-state index in [4.69, 9.17) is 9.47 Å². The summed E-state index contributed by atoms with van der Waals surface area (Å²) >= 11 is 0. The third-order valence-electron chi connectivity index (χ3n) is 5.54. The van der Waals surface area contributed by atoms with E-state index in [2.05, 4.69) is 11.9 Å². The molecule has 3 heterocycles. The highest BCUT2D eigenvalue weighted by molar-refractivity contribution is 5.78. The van der Waals surface area contributed by atoms with Gasteiger partial charge in [-0.15, -0.1) is 0 Å². The van der Waals surface area contributed by atoms with Gasteiger partial charge in [0, 0.05) is 31.8 Å².